The highest BCUT2D eigenvalue weighted by atomic mass is 16.2. The van der Waals surface area contributed by atoms with Gasteiger partial charge in [-0.3, -0.25) is 9.69 Å². The minimum Gasteiger partial charge on any atom is -0.325 e. The molecule has 2 heterocycles. The molecule has 2 N–H and O–H groups in total. The Morgan fingerprint density at radius 2 is 2.18 bits per heavy atom. The quantitative estimate of drug-likeness (QED) is 0.897. The van der Waals surface area contributed by atoms with E-state index >= 15 is 0 Å². The average Bonchev–Trinajstić information content (AvgIpc) is 2.95. The lowest BCUT2D eigenvalue weighted by molar-refractivity contribution is -0.117. The van der Waals surface area contributed by atoms with Crippen molar-refractivity contribution in [3.05, 3.63) is 29.8 Å². The van der Waals surface area contributed by atoms with Gasteiger partial charge in [0.05, 0.1) is 6.54 Å². The third-order valence-electron chi connectivity index (χ3n) is 4.99. The highest BCUT2D eigenvalue weighted by Gasteiger charge is 2.33. The molecule has 0 radical (unpaired) electrons. The van der Waals surface area contributed by atoms with Crippen LogP contribution in [-0.4, -0.2) is 43.5 Å². The van der Waals surface area contributed by atoms with Crippen LogP contribution >= 0.6 is 0 Å². The number of carbonyl (C=O) groups is 1. The van der Waals surface area contributed by atoms with Crippen LogP contribution in [0.5, 0.6) is 0 Å². The smallest absolute Gasteiger partial charge is 0.238 e. The summed E-state index contributed by atoms with van der Waals surface area (Å²) in [7, 11) is 0. The largest absolute Gasteiger partial charge is 0.325 e. The van der Waals surface area contributed by atoms with E-state index in [0.717, 1.165) is 43.7 Å². The Morgan fingerprint density at radius 1 is 1.36 bits per heavy atom. The van der Waals surface area contributed by atoms with Gasteiger partial charge in [-0.2, -0.15) is 0 Å². The molecule has 0 saturated carbocycles. The van der Waals surface area contributed by atoms with Gasteiger partial charge in [0.1, 0.15) is 0 Å². The van der Waals surface area contributed by atoms with Crippen molar-refractivity contribution in [1.29, 1.82) is 0 Å². The van der Waals surface area contributed by atoms with Crippen molar-refractivity contribution >= 4 is 11.6 Å². The second-order valence-corrected chi connectivity index (χ2v) is 7.03. The Kier molecular flexibility index (Phi) is 4.79. The Balaban J connectivity index is 1.53. The van der Waals surface area contributed by atoms with Crippen molar-refractivity contribution < 1.29 is 4.79 Å². The zero-order valence-corrected chi connectivity index (χ0v) is 13.6. The first-order valence-corrected chi connectivity index (χ1v) is 8.44. The molecule has 2 fully saturated rings. The van der Waals surface area contributed by atoms with Gasteiger partial charge < -0.3 is 10.6 Å². The maximum absolute atomic E-state index is 12.3. The van der Waals surface area contributed by atoms with Gasteiger partial charge >= 0.3 is 0 Å². The summed E-state index contributed by atoms with van der Waals surface area (Å²) in [6, 6.07) is 8.17. The van der Waals surface area contributed by atoms with Crippen molar-refractivity contribution in [3.63, 3.8) is 0 Å². The standard InChI is InChI=1S/C18H27N3O/c1-13(2)14-4-3-5-17(8-14)20-18(22)12-21-7-6-15-9-19-10-16(15)11-21/h3-5,8,13,15-16,19H,6-7,9-12H2,1-2H3,(H,20,22). The number of nitrogens with zero attached hydrogens (tertiary/aromatic N) is 1. The van der Waals surface area contributed by atoms with Gasteiger partial charge in [-0.25, -0.2) is 0 Å². The molecular weight excluding hydrogens is 274 g/mol. The monoisotopic (exact) mass is 301 g/mol. The van der Waals surface area contributed by atoms with Crippen LogP contribution in [0, 0.1) is 11.8 Å². The number of fused-ring (bicyclic) bond motifs is 1. The van der Waals surface area contributed by atoms with Crippen LogP contribution in [0.4, 0.5) is 5.69 Å². The molecule has 0 aliphatic carbocycles. The van der Waals surface area contributed by atoms with E-state index in [4.69, 9.17) is 0 Å². The van der Waals surface area contributed by atoms with Gasteiger partial charge in [0.2, 0.25) is 5.91 Å². The molecule has 0 aromatic heterocycles. The molecule has 1 amide bonds. The minimum atomic E-state index is 0.102. The fourth-order valence-corrected chi connectivity index (χ4v) is 3.63. The molecule has 2 aliphatic heterocycles. The van der Waals surface area contributed by atoms with Crippen LogP contribution in [0.1, 0.15) is 31.7 Å². The predicted octanol–water partition coefficient (Wildman–Crippen LogP) is 2.29. The van der Waals surface area contributed by atoms with Crippen LogP contribution in [0.3, 0.4) is 0 Å². The number of benzene rings is 1. The van der Waals surface area contributed by atoms with E-state index in [2.05, 4.69) is 41.5 Å². The highest BCUT2D eigenvalue weighted by Crippen LogP contribution is 2.26. The number of carbonyl (C=O) groups excluding carboxylic acids is 1. The Hall–Kier alpha value is -1.39. The van der Waals surface area contributed by atoms with Crippen LogP contribution in [0.2, 0.25) is 0 Å². The molecule has 1 aromatic carbocycles. The normalized spacial score (nSPS) is 25.2. The number of rotatable bonds is 4. The lowest BCUT2D eigenvalue weighted by Crippen LogP contribution is -2.43. The van der Waals surface area contributed by atoms with Gasteiger partial charge in [-0.1, -0.05) is 26.0 Å². The van der Waals surface area contributed by atoms with Crippen molar-refractivity contribution in [2.24, 2.45) is 11.8 Å². The van der Waals surface area contributed by atoms with Crippen molar-refractivity contribution in [2.75, 3.05) is 38.0 Å². The molecule has 0 spiro atoms. The lowest BCUT2D eigenvalue weighted by Gasteiger charge is -2.33. The summed E-state index contributed by atoms with van der Waals surface area (Å²) in [5, 5.41) is 6.52. The highest BCUT2D eigenvalue weighted by molar-refractivity contribution is 5.92. The maximum atomic E-state index is 12.3. The van der Waals surface area contributed by atoms with Gasteiger partial charge in [-0.15, -0.1) is 0 Å². The van der Waals surface area contributed by atoms with Crippen LogP contribution in [0.15, 0.2) is 24.3 Å². The summed E-state index contributed by atoms with van der Waals surface area (Å²) in [6.07, 6.45) is 1.22. The molecule has 4 heteroatoms. The predicted molar refractivity (Wildman–Crippen MR) is 90.1 cm³/mol. The number of nitrogens with one attached hydrogen (secondary N) is 2. The Labute approximate surface area is 133 Å². The third-order valence-corrected chi connectivity index (χ3v) is 4.99. The Morgan fingerprint density at radius 3 is 3.00 bits per heavy atom. The van der Waals surface area contributed by atoms with E-state index in [1.807, 2.05) is 12.1 Å². The number of amides is 1. The van der Waals surface area contributed by atoms with E-state index < -0.39 is 0 Å². The number of likely N-dealkylation sites (tertiary alicyclic amines) is 1. The molecular formula is C18H27N3O. The molecule has 1 aromatic rings. The molecule has 120 valence electrons. The molecule has 2 atom stereocenters. The third kappa shape index (κ3) is 3.68. The molecule has 2 saturated heterocycles. The minimum absolute atomic E-state index is 0.102. The average molecular weight is 301 g/mol. The van der Waals surface area contributed by atoms with Crippen molar-refractivity contribution in [1.82, 2.24) is 10.2 Å². The molecule has 2 aliphatic rings. The first-order valence-electron chi connectivity index (χ1n) is 8.44. The van der Waals surface area contributed by atoms with E-state index in [1.54, 1.807) is 0 Å². The zero-order valence-electron chi connectivity index (χ0n) is 13.6. The fraction of sp³-hybridized carbons (Fsp3) is 0.611. The SMILES string of the molecule is CC(C)c1cccc(NC(=O)CN2CCC3CNCC3C2)c1. The maximum Gasteiger partial charge on any atom is 0.238 e. The van der Waals surface area contributed by atoms with E-state index in [1.165, 1.54) is 12.0 Å². The fourth-order valence-electron chi connectivity index (χ4n) is 3.63. The lowest BCUT2D eigenvalue weighted by atomic mass is 9.89. The number of anilines is 1. The number of hydrogen-bond donors (Lipinski definition) is 2. The Bertz CT molecular complexity index is 529. The zero-order chi connectivity index (χ0) is 15.5. The van der Waals surface area contributed by atoms with Crippen molar-refractivity contribution in [2.45, 2.75) is 26.2 Å². The number of piperidine rings is 1. The summed E-state index contributed by atoms with van der Waals surface area (Å²) >= 11 is 0. The molecule has 2 unspecified atom stereocenters. The van der Waals surface area contributed by atoms with Crippen LogP contribution < -0.4 is 10.6 Å². The van der Waals surface area contributed by atoms with Crippen molar-refractivity contribution in [3.8, 4) is 0 Å². The second kappa shape index (κ2) is 6.80. The summed E-state index contributed by atoms with van der Waals surface area (Å²) < 4.78 is 0. The molecule has 3 rings (SSSR count). The first-order chi connectivity index (χ1) is 10.6. The van der Waals surface area contributed by atoms with Gasteiger partial charge in [0.15, 0.2) is 0 Å². The second-order valence-electron chi connectivity index (χ2n) is 7.03. The molecule has 4 nitrogen and oxygen atoms in total. The number of hydrogen-bond acceptors (Lipinski definition) is 3. The topological polar surface area (TPSA) is 44.4 Å². The van der Waals surface area contributed by atoms with E-state index in [-0.39, 0.29) is 5.91 Å². The molecule has 0 bridgehead atoms. The summed E-state index contributed by atoms with van der Waals surface area (Å²) in [5.41, 5.74) is 2.17. The summed E-state index contributed by atoms with van der Waals surface area (Å²) in [4.78, 5) is 14.6. The van der Waals surface area contributed by atoms with Gasteiger partial charge in [-0.05, 0) is 61.5 Å². The first kappa shape index (κ1) is 15.5. The van der Waals surface area contributed by atoms with Gasteiger partial charge in [0, 0.05) is 12.2 Å². The van der Waals surface area contributed by atoms with E-state index in [0.29, 0.717) is 12.5 Å². The van der Waals surface area contributed by atoms with Crippen LogP contribution in [-0.2, 0) is 4.79 Å². The van der Waals surface area contributed by atoms with E-state index in [9.17, 15) is 4.79 Å². The van der Waals surface area contributed by atoms with Gasteiger partial charge in [0.25, 0.3) is 0 Å². The molecule has 22 heavy (non-hydrogen) atoms. The van der Waals surface area contributed by atoms with Crippen LogP contribution in [0.25, 0.3) is 0 Å². The summed E-state index contributed by atoms with van der Waals surface area (Å²) in [5.74, 6) is 2.13. The summed E-state index contributed by atoms with van der Waals surface area (Å²) in [6.45, 7) is 9.21.